The van der Waals surface area contributed by atoms with Gasteiger partial charge in [0.05, 0.1) is 18.7 Å². The van der Waals surface area contributed by atoms with Gasteiger partial charge in [-0.15, -0.1) is 6.42 Å². The quantitative estimate of drug-likeness (QED) is 0.783. The normalized spacial score (nSPS) is 11.2. The van der Waals surface area contributed by atoms with Crippen LogP contribution in [0.4, 0.5) is 0 Å². The van der Waals surface area contributed by atoms with Crippen molar-refractivity contribution in [3.8, 4) is 35.3 Å². The zero-order chi connectivity index (χ0) is 14.5. The van der Waals surface area contributed by atoms with Gasteiger partial charge in [-0.25, -0.2) is 0 Å². The summed E-state index contributed by atoms with van der Waals surface area (Å²) in [5.41, 5.74) is 3.74. The molecule has 1 unspecified atom stereocenters. The van der Waals surface area contributed by atoms with Crippen LogP contribution in [0, 0.1) is 23.7 Å². The molecule has 0 aliphatic rings. The molecule has 2 heteroatoms. The lowest BCUT2D eigenvalue weighted by atomic mass is 9.96. The molecule has 0 fully saturated rings. The lowest BCUT2D eigenvalue weighted by molar-refractivity contribution is 0.409. The van der Waals surface area contributed by atoms with Crippen LogP contribution in [0.2, 0.25) is 0 Å². The van der Waals surface area contributed by atoms with Gasteiger partial charge in [-0.3, -0.25) is 0 Å². The smallest absolute Gasteiger partial charge is 0.123 e. The summed E-state index contributed by atoms with van der Waals surface area (Å²) in [6, 6.07) is 15.6. The number of rotatable bonds is 3. The van der Waals surface area contributed by atoms with Gasteiger partial charge >= 0.3 is 0 Å². The van der Waals surface area contributed by atoms with Gasteiger partial charge in [0.1, 0.15) is 5.75 Å². The highest BCUT2D eigenvalue weighted by molar-refractivity contribution is 5.67. The Labute approximate surface area is 119 Å². The monoisotopic (exact) mass is 261 g/mol. The third-order valence-corrected chi connectivity index (χ3v) is 3.30. The number of nitriles is 1. The third kappa shape index (κ3) is 2.66. The topological polar surface area (TPSA) is 33.0 Å². The predicted molar refractivity (Wildman–Crippen MR) is 80.4 cm³/mol. The minimum Gasteiger partial charge on any atom is -0.496 e. The SMILES string of the molecule is C#CC(C)c1ccc(-c2ccc(C#N)cc2)cc1OC. The van der Waals surface area contributed by atoms with E-state index in [4.69, 9.17) is 16.4 Å². The van der Waals surface area contributed by atoms with Crippen LogP contribution in [0.15, 0.2) is 42.5 Å². The first-order chi connectivity index (χ1) is 9.69. The highest BCUT2D eigenvalue weighted by Crippen LogP contribution is 2.31. The maximum atomic E-state index is 8.82. The number of benzene rings is 2. The number of methoxy groups -OCH3 is 1. The Hall–Kier alpha value is -2.71. The van der Waals surface area contributed by atoms with E-state index in [-0.39, 0.29) is 5.92 Å². The van der Waals surface area contributed by atoms with Crippen molar-refractivity contribution in [3.05, 3.63) is 53.6 Å². The van der Waals surface area contributed by atoms with Crippen molar-refractivity contribution in [1.82, 2.24) is 0 Å². The van der Waals surface area contributed by atoms with Gasteiger partial charge in [-0.2, -0.15) is 5.26 Å². The van der Waals surface area contributed by atoms with Crippen molar-refractivity contribution in [2.75, 3.05) is 7.11 Å². The van der Waals surface area contributed by atoms with Crippen molar-refractivity contribution >= 4 is 0 Å². The Morgan fingerprint density at radius 3 is 2.30 bits per heavy atom. The summed E-state index contributed by atoms with van der Waals surface area (Å²) in [5, 5.41) is 8.82. The van der Waals surface area contributed by atoms with Gasteiger partial charge in [-0.05, 0) is 36.2 Å². The van der Waals surface area contributed by atoms with E-state index in [0.29, 0.717) is 5.56 Å². The molecular formula is C18H15NO. The minimum absolute atomic E-state index is 0.0139. The zero-order valence-corrected chi connectivity index (χ0v) is 11.6. The molecular weight excluding hydrogens is 246 g/mol. The predicted octanol–water partition coefficient (Wildman–Crippen LogP) is 3.97. The van der Waals surface area contributed by atoms with Crippen LogP contribution in [-0.2, 0) is 0 Å². The number of ether oxygens (including phenoxy) is 1. The summed E-state index contributed by atoms with van der Waals surface area (Å²) in [6.45, 7) is 1.97. The molecule has 0 aliphatic heterocycles. The summed E-state index contributed by atoms with van der Waals surface area (Å²) in [7, 11) is 1.64. The average molecular weight is 261 g/mol. The fourth-order valence-corrected chi connectivity index (χ4v) is 2.08. The second-order valence-electron chi connectivity index (χ2n) is 4.53. The van der Waals surface area contributed by atoms with E-state index in [1.807, 2.05) is 37.3 Å². The van der Waals surface area contributed by atoms with E-state index in [0.717, 1.165) is 22.4 Å². The highest BCUT2D eigenvalue weighted by Gasteiger charge is 2.10. The molecule has 2 rings (SSSR count). The van der Waals surface area contributed by atoms with Crippen LogP contribution in [0.1, 0.15) is 24.0 Å². The maximum Gasteiger partial charge on any atom is 0.123 e. The van der Waals surface area contributed by atoms with Gasteiger partial charge in [0.25, 0.3) is 0 Å². The summed E-state index contributed by atoms with van der Waals surface area (Å²) in [6.07, 6.45) is 5.47. The lowest BCUT2D eigenvalue weighted by Gasteiger charge is -2.13. The number of nitrogens with zero attached hydrogens (tertiary/aromatic N) is 1. The fraction of sp³-hybridized carbons (Fsp3) is 0.167. The summed E-state index contributed by atoms with van der Waals surface area (Å²) >= 11 is 0. The number of terminal acetylenes is 1. The van der Waals surface area contributed by atoms with Crippen LogP contribution in [-0.4, -0.2) is 7.11 Å². The molecule has 0 saturated carbocycles. The van der Waals surface area contributed by atoms with Crippen molar-refractivity contribution < 1.29 is 4.74 Å². The molecule has 0 aromatic heterocycles. The highest BCUT2D eigenvalue weighted by atomic mass is 16.5. The summed E-state index contributed by atoms with van der Waals surface area (Å²) in [4.78, 5) is 0. The molecule has 1 atom stereocenters. The van der Waals surface area contributed by atoms with E-state index < -0.39 is 0 Å². The Kier molecular flexibility index (Phi) is 4.08. The molecule has 0 amide bonds. The van der Waals surface area contributed by atoms with E-state index in [1.54, 1.807) is 19.2 Å². The summed E-state index contributed by atoms with van der Waals surface area (Å²) in [5.74, 6) is 3.52. The second kappa shape index (κ2) is 5.95. The number of hydrogen-bond donors (Lipinski definition) is 0. The molecule has 0 spiro atoms. The standard InChI is InChI=1S/C18H15NO/c1-4-13(2)17-10-9-16(11-18(17)20-3)15-7-5-14(12-19)6-8-15/h1,5-11,13H,2-3H3. The molecule has 20 heavy (non-hydrogen) atoms. The molecule has 98 valence electrons. The van der Waals surface area contributed by atoms with Crippen molar-refractivity contribution in [2.24, 2.45) is 0 Å². The first kappa shape index (κ1) is 13.7. The van der Waals surface area contributed by atoms with Crippen LogP contribution < -0.4 is 4.74 Å². The molecule has 2 nitrogen and oxygen atoms in total. The molecule has 0 bridgehead atoms. The second-order valence-corrected chi connectivity index (χ2v) is 4.53. The Bertz CT molecular complexity index is 687. The van der Waals surface area contributed by atoms with E-state index in [1.165, 1.54) is 0 Å². The largest absolute Gasteiger partial charge is 0.496 e. The van der Waals surface area contributed by atoms with Crippen LogP contribution in [0.25, 0.3) is 11.1 Å². The van der Waals surface area contributed by atoms with Crippen molar-refractivity contribution in [1.29, 1.82) is 5.26 Å². The van der Waals surface area contributed by atoms with Gasteiger partial charge in [-0.1, -0.05) is 30.2 Å². The molecule has 2 aromatic rings. The van der Waals surface area contributed by atoms with E-state index in [2.05, 4.69) is 12.0 Å². The number of hydrogen-bond acceptors (Lipinski definition) is 2. The van der Waals surface area contributed by atoms with Gasteiger partial charge in [0.15, 0.2) is 0 Å². The van der Waals surface area contributed by atoms with Crippen LogP contribution in [0.5, 0.6) is 5.75 Å². The minimum atomic E-state index is 0.0139. The molecule has 0 saturated heterocycles. The average Bonchev–Trinajstić information content (AvgIpc) is 2.53. The lowest BCUT2D eigenvalue weighted by Crippen LogP contribution is -1.96. The molecule has 0 radical (unpaired) electrons. The van der Waals surface area contributed by atoms with Crippen LogP contribution >= 0.6 is 0 Å². The molecule has 0 N–H and O–H groups in total. The summed E-state index contributed by atoms with van der Waals surface area (Å²) < 4.78 is 5.43. The van der Waals surface area contributed by atoms with Crippen LogP contribution in [0.3, 0.4) is 0 Å². The van der Waals surface area contributed by atoms with E-state index >= 15 is 0 Å². The Morgan fingerprint density at radius 2 is 1.75 bits per heavy atom. The van der Waals surface area contributed by atoms with Crippen molar-refractivity contribution in [3.63, 3.8) is 0 Å². The Balaban J connectivity index is 2.43. The van der Waals surface area contributed by atoms with E-state index in [9.17, 15) is 0 Å². The molecule has 0 aliphatic carbocycles. The molecule has 0 heterocycles. The van der Waals surface area contributed by atoms with Gasteiger partial charge in [0, 0.05) is 11.5 Å². The molecule has 2 aromatic carbocycles. The van der Waals surface area contributed by atoms with Crippen molar-refractivity contribution in [2.45, 2.75) is 12.8 Å². The zero-order valence-electron chi connectivity index (χ0n) is 11.6. The third-order valence-electron chi connectivity index (χ3n) is 3.30. The first-order valence-corrected chi connectivity index (χ1v) is 6.34. The maximum absolute atomic E-state index is 8.82. The van der Waals surface area contributed by atoms with Gasteiger partial charge < -0.3 is 4.74 Å². The first-order valence-electron chi connectivity index (χ1n) is 6.34. The Morgan fingerprint density at radius 1 is 1.10 bits per heavy atom. The van der Waals surface area contributed by atoms with Gasteiger partial charge in [0.2, 0.25) is 0 Å². The fourth-order valence-electron chi connectivity index (χ4n) is 2.08.